The Labute approximate surface area is 92.0 Å². The second-order valence-electron chi connectivity index (χ2n) is 3.09. The molecule has 0 fully saturated rings. The van der Waals surface area contributed by atoms with Crippen molar-refractivity contribution in [2.45, 2.75) is 32.9 Å². The van der Waals surface area contributed by atoms with Crippen molar-refractivity contribution in [3.05, 3.63) is 16.9 Å². The van der Waals surface area contributed by atoms with E-state index < -0.39 is 6.55 Å². The Kier molecular flexibility index (Phi) is 4.98. The molecular weight excluding hydrogens is 226 g/mol. The SMILES string of the molecule is CCCCOCc1nn(C(F)F)cc1Cl. The number of ether oxygens (including phenoxy) is 1. The van der Waals surface area contributed by atoms with E-state index in [1.165, 1.54) is 0 Å². The van der Waals surface area contributed by atoms with E-state index in [9.17, 15) is 8.78 Å². The van der Waals surface area contributed by atoms with Gasteiger partial charge in [-0.1, -0.05) is 24.9 Å². The predicted octanol–water partition coefficient (Wildman–Crippen LogP) is 3.25. The molecule has 0 atom stereocenters. The van der Waals surface area contributed by atoms with E-state index in [1.54, 1.807) is 0 Å². The van der Waals surface area contributed by atoms with Gasteiger partial charge in [-0.05, 0) is 6.42 Å². The minimum absolute atomic E-state index is 0.179. The normalized spacial score (nSPS) is 11.3. The number of hydrogen-bond acceptors (Lipinski definition) is 2. The van der Waals surface area contributed by atoms with Gasteiger partial charge in [0.25, 0.3) is 0 Å². The summed E-state index contributed by atoms with van der Waals surface area (Å²) < 4.78 is 30.2. The Morgan fingerprint density at radius 1 is 1.60 bits per heavy atom. The van der Waals surface area contributed by atoms with E-state index in [-0.39, 0.29) is 11.6 Å². The number of aromatic nitrogens is 2. The Hall–Kier alpha value is -0.680. The van der Waals surface area contributed by atoms with Crippen LogP contribution in [0.15, 0.2) is 6.20 Å². The molecule has 0 aliphatic carbocycles. The zero-order valence-corrected chi connectivity index (χ0v) is 9.18. The minimum atomic E-state index is -2.66. The highest BCUT2D eigenvalue weighted by Crippen LogP contribution is 2.19. The number of alkyl halides is 2. The number of hydrogen-bond donors (Lipinski definition) is 0. The van der Waals surface area contributed by atoms with Crippen LogP contribution in [-0.2, 0) is 11.3 Å². The van der Waals surface area contributed by atoms with E-state index in [1.807, 2.05) is 6.92 Å². The molecule has 6 heteroatoms. The second-order valence-corrected chi connectivity index (χ2v) is 3.49. The van der Waals surface area contributed by atoms with Gasteiger partial charge in [0.15, 0.2) is 0 Å². The van der Waals surface area contributed by atoms with Crippen LogP contribution in [-0.4, -0.2) is 16.4 Å². The van der Waals surface area contributed by atoms with Gasteiger partial charge < -0.3 is 4.74 Å². The Morgan fingerprint density at radius 3 is 2.87 bits per heavy atom. The summed E-state index contributed by atoms with van der Waals surface area (Å²) in [6.45, 7) is 0.154. The first kappa shape index (κ1) is 12.4. The quantitative estimate of drug-likeness (QED) is 0.712. The minimum Gasteiger partial charge on any atom is -0.375 e. The first-order valence-corrected chi connectivity index (χ1v) is 5.12. The van der Waals surface area contributed by atoms with Gasteiger partial charge in [0.1, 0.15) is 5.69 Å². The van der Waals surface area contributed by atoms with E-state index in [0.29, 0.717) is 17.0 Å². The zero-order valence-electron chi connectivity index (χ0n) is 8.42. The maximum Gasteiger partial charge on any atom is 0.333 e. The molecule has 0 radical (unpaired) electrons. The topological polar surface area (TPSA) is 27.1 Å². The molecule has 0 spiro atoms. The van der Waals surface area contributed by atoms with Gasteiger partial charge >= 0.3 is 6.55 Å². The fourth-order valence-electron chi connectivity index (χ4n) is 1.02. The van der Waals surface area contributed by atoms with Crippen molar-refractivity contribution in [2.24, 2.45) is 0 Å². The van der Waals surface area contributed by atoms with Crippen molar-refractivity contribution in [1.29, 1.82) is 0 Å². The lowest BCUT2D eigenvalue weighted by molar-refractivity contribution is 0.0542. The fourth-order valence-corrected chi connectivity index (χ4v) is 1.21. The molecule has 3 nitrogen and oxygen atoms in total. The molecule has 0 N–H and O–H groups in total. The smallest absolute Gasteiger partial charge is 0.333 e. The molecule has 0 saturated carbocycles. The lowest BCUT2D eigenvalue weighted by Gasteiger charge is -2.00. The van der Waals surface area contributed by atoms with Crippen LogP contribution in [0.1, 0.15) is 32.0 Å². The van der Waals surface area contributed by atoms with Gasteiger partial charge in [0, 0.05) is 12.8 Å². The summed E-state index contributed by atoms with van der Waals surface area (Å²) in [4.78, 5) is 0. The maximum absolute atomic E-state index is 12.2. The number of unbranched alkanes of at least 4 members (excludes halogenated alkanes) is 1. The first-order chi connectivity index (χ1) is 7.15. The second kappa shape index (κ2) is 6.02. The van der Waals surface area contributed by atoms with Crippen LogP contribution in [0.2, 0.25) is 5.02 Å². The molecular formula is C9H13ClF2N2O. The summed E-state index contributed by atoms with van der Waals surface area (Å²) in [6.07, 6.45) is 3.07. The summed E-state index contributed by atoms with van der Waals surface area (Å²) in [7, 11) is 0. The van der Waals surface area contributed by atoms with E-state index >= 15 is 0 Å². The molecule has 15 heavy (non-hydrogen) atoms. The van der Waals surface area contributed by atoms with Crippen LogP contribution < -0.4 is 0 Å². The molecule has 0 aliphatic heterocycles. The van der Waals surface area contributed by atoms with Crippen molar-refractivity contribution in [3.8, 4) is 0 Å². The van der Waals surface area contributed by atoms with Gasteiger partial charge in [-0.3, -0.25) is 0 Å². The standard InChI is InChI=1S/C9H13ClF2N2O/c1-2-3-4-15-6-8-7(10)5-14(13-8)9(11)12/h5,9H,2-4,6H2,1H3. The van der Waals surface area contributed by atoms with Gasteiger partial charge in [-0.25, -0.2) is 4.68 Å². The van der Waals surface area contributed by atoms with Gasteiger partial charge in [0.2, 0.25) is 0 Å². The number of rotatable bonds is 6. The van der Waals surface area contributed by atoms with Crippen molar-refractivity contribution in [1.82, 2.24) is 9.78 Å². The zero-order chi connectivity index (χ0) is 11.3. The molecule has 1 aromatic heterocycles. The molecule has 1 aromatic rings. The monoisotopic (exact) mass is 238 g/mol. The van der Waals surface area contributed by atoms with Crippen LogP contribution in [0.25, 0.3) is 0 Å². The third kappa shape index (κ3) is 3.76. The molecule has 0 aliphatic rings. The van der Waals surface area contributed by atoms with E-state index in [2.05, 4.69) is 5.10 Å². The third-order valence-electron chi connectivity index (χ3n) is 1.84. The lowest BCUT2D eigenvalue weighted by atomic mass is 10.4. The fraction of sp³-hybridized carbons (Fsp3) is 0.667. The average molecular weight is 239 g/mol. The van der Waals surface area contributed by atoms with Crippen molar-refractivity contribution >= 4 is 11.6 Å². The van der Waals surface area contributed by atoms with Crippen LogP contribution in [0.5, 0.6) is 0 Å². The molecule has 1 heterocycles. The Balaban J connectivity index is 2.46. The summed E-state index contributed by atoms with van der Waals surface area (Å²) in [5, 5.41) is 3.83. The maximum atomic E-state index is 12.2. The highest BCUT2D eigenvalue weighted by atomic mass is 35.5. The Morgan fingerprint density at radius 2 is 2.33 bits per heavy atom. The van der Waals surface area contributed by atoms with Crippen LogP contribution in [0, 0.1) is 0 Å². The highest BCUT2D eigenvalue weighted by molar-refractivity contribution is 6.31. The number of nitrogens with zero attached hydrogens (tertiary/aromatic N) is 2. The largest absolute Gasteiger partial charge is 0.375 e. The highest BCUT2D eigenvalue weighted by Gasteiger charge is 2.12. The number of halogens is 3. The lowest BCUT2D eigenvalue weighted by Crippen LogP contribution is -2.01. The first-order valence-electron chi connectivity index (χ1n) is 4.74. The van der Waals surface area contributed by atoms with E-state index in [0.717, 1.165) is 19.0 Å². The Bertz CT molecular complexity index is 304. The summed E-state index contributed by atoms with van der Waals surface area (Å²) in [5.74, 6) is 0. The molecule has 0 aromatic carbocycles. The van der Waals surface area contributed by atoms with Gasteiger partial charge in [0.05, 0.1) is 11.6 Å². The van der Waals surface area contributed by atoms with Crippen LogP contribution >= 0.6 is 11.6 Å². The summed E-state index contributed by atoms with van der Waals surface area (Å²) >= 11 is 5.71. The molecule has 0 saturated heterocycles. The van der Waals surface area contributed by atoms with Crippen molar-refractivity contribution in [2.75, 3.05) is 6.61 Å². The van der Waals surface area contributed by atoms with E-state index in [4.69, 9.17) is 16.3 Å². The predicted molar refractivity (Wildman–Crippen MR) is 53.1 cm³/mol. The average Bonchev–Trinajstić information content (AvgIpc) is 2.55. The summed E-state index contributed by atoms with van der Waals surface area (Å²) in [6, 6.07) is 0. The van der Waals surface area contributed by atoms with Crippen molar-refractivity contribution in [3.63, 3.8) is 0 Å². The van der Waals surface area contributed by atoms with Crippen molar-refractivity contribution < 1.29 is 13.5 Å². The van der Waals surface area contributed by atoms with Crippen LogP contribution in [0.3, 0.4) is 0 Å². The van der Waals surface area contributed by atoms with Gasteiger partial charge in [-0.15, -0.1) is 0 Å². The molecule has 0 unspecified atom stereocenters. The summed E-state index contributed by atoms with van der Waals surface area (Å²) in [5.41, 5.74) is 0.355. The molecule has 1 rings (SSSR count). The third-order valence-corrected chi connectivity index (χ3v) is 2.15. The molecule has 0 amide bonds. The molecule has 86 valence electrons. The van der Waals surface area contributed by atoms with Crippen LogP contribution in [0.4, 0.5) is 8.78 Å². The van der Waals surface area contributed by atoms with Gasteiger partial charge in [-0.2, -0.15) is 13.9 Å². The molecule has 0 bridgehead atoms.